The predicted octanol–water partition coefficient (Wildman–Crippen LogP) is 3.58. The number of nitrogens with one attached hydrogen (secondary N) is 1. The van der Waals surface area contributed by atoms with Gasteiger partial charge in [-0.1, -0.05) is 42.1 Å². The van der Waals surface area contributed by atoms with E-state index in [1.54, 1.807) is 49.4 Å². The molecule has 1 N–H and O–H groups in total. The molecule has 3 aromatic carbocycles. The summed E-state index contributed by atoms with van der Waals surface area (Å²) in [5, 5.41) is 3.13. The van der Waals surface area contributed by atoms with Crippen molar-refractivity contribution in [2.45, 2.75) is 17.0 Å². The second-order valence-electron chi connectivity index (χ2n) is 8.86. The normalized spacial score (nSPS) is 14.4. The van der Waals surface area contributed by atoms with Crippen LogP contribution in [0.2, 0.25) is 0 Å². The number of benzene rings is 3. The standard InChI is InChI=1S/C27H25FN4O5S2/c1-18-10-11-22(24(16-18)39(35,36)31-12-14-37-15-13-31)29-25(33)17-38-27-30-21-8-4-2-6-19(21)26(34)32(27)23-9-5-3-7-20(23)28/h2-11,16H,12-15,17H2,1H3,(H,29,33). The second-order valence-corrected chi connectivity index (χ2v) is 11.7. The monoisotopic (exact) mass is 568 g/mol. The van der Waals surface area contributed by atoms with Crippen LogP contribution in [0.25, 0.3) is 16.6 Å². The van der Waals surface area contributed by atoms with Gasteiger partial charge >= 0.3 is 0 Å². The Kier molecular flexibility index (Phi) is 7.80. The third-order valence-corrected chi connectivity index (χ3v) is 9.05. The lowest BCUT2D eigenvalue weighted by Crippen LogP contribution is -2.41. The highest BCUT2D eigenvalue weighted by molar-refractivity contribution is 7.99. The lowest BCUT2D eigenvalue weighted by Gasteiger charge is -2.27. The van der Waals surface area contributed by atoms with Crippen molar-refractivity contribution in [1.82, 2.24) is 13.9 Å². The minimum absolute atomic E-state index is 0.00477. The lowest BCUT2D eigenvalue weighted by atomic mass is 10.2. The number of morpholine rings is 1. The number of aryl methyl sites for hydroxylation is 1. The number of hydrogen-bond donors (Lipinski definition) is 1. The van der Waals surface area contributed by atoms with E-state index in [0.717, 1.165) is 21.9 Å². The molecule has 0 spiro atoms. The van der Waals surface area contributed by atoms with Crippen molar-refractivity contribution >= 4 is 44.3 Å². The number of anilines is 1. The average Bonchev–Trinajstić information content (AvgIpc) is 2.94. The van der Waals surface area contributed by atoms with E-state index in [4.69, 9.17) is 4.74 Å². The van der Waals surface area contributed by atoms with Gasteiger partial charge in [0.15, 0.2) is 5.16 Å². The average molecular weight is 569 g/mol. The van der Waals surface area contributed by atoms with Crippen LogP contribution in [0.3, 0.4) is 0 Å². The molecular weight excluding hydrogens is 543 g/mol. The van der Waals surface area contributed by atoms with Gasteiger partial charge in [-0.05, 0) is 48.9 Å². The molecule has 202 valence electrons. The molecule has 1 fully saturated rings. The Bertz CT molecular complexity index is 1720. The maximum Gasteiger partial charge on any atom is 0.266 e. The summed E-state index contributed by atoms with van der Waals surface area (Å²) in [6, 6.07) is 17.3. The highest BCUT2D eigenvalue weighted by atomic mass is 32.2. The Morgan fingerprint density at radius 3 is 2.56 bits per heavy atom. The second kappa shape index (κ2) is 11.3. The zero-order valence-corrected chi connectivity index (χ0v) is 22.6. The number of halogens is 1. The molecule has 0 radical (unpaired) electrons. The zero-order chi connectivity index (χ0) is 27.6. The van der Waals surface area contributed by atoms with Gasteiger partial charge in [0.05, 0.1) is 41.2 Å². The summed E-state index contributed by atoms with van der Waals surface area (Å²) in [7, 11) is -3.87. The van der Waals surface area contributed by atoms with Gasteiger partial charge < -0.3 is 10.1 Å². The molecule has 2 heterocycles. The fourth-order valence-electron chi connectivity index (χ4n) is 4.24. The van der Waals surface area contributed by atoms with Crippen LogP contribution < -0.4 is 10.9 Å². The van der Waals surface area contributed by atoms with Gasteiger partial charge in [0, 0.05) is 13.1 Å². The summed E-state index contributed by atoms with van der Waals surface area (Å²) in [5.41, 5.74) is 0.835. The molecule has 5 rings (SSSR count). The molecule has 4 aromatic rings. The summed E-state index contributed by atoms with van der Waals surface area (Å²) >= 11 is 0.948. The third kappa shape index (κ3) is 5.59. The Balaban J connectivity index is 1.44. The molecule has 1 saturated heterocycles. The van der Waals surface area contributed by atoms with Crippen molar-refractivity contribution in [3.63, 3.8) is 0 Å². The first-order chi connectivity index (χ1) is 18.8. The Morgan fingerprint density at radius 2 is 1.79 bits per heavy atom. The smallest absolute Gasteiger partial charge is 0.266 e. The van der Waals surface area contributed by atoms with Gasteiger partial charge in [0.25, 0.3) is 5.56 Å². The van der Waals surface area contributed by atoms with Crippen LogP contribution in [-0.2, 0) is 19.6 Å². The topological polar surface area (TPSA) is 111 Å². The molecule has 0 saturated carbocycles. The first kappa shape index (κ1) is 27.0. The predicted molar refractivity (Wildman–Crippen MR) is 147 cm³/mol. The van der Waals surface area contributed by atoms with Gasteiger partial charge in [0.2, 0.25) is 15.9 Å². The molecule has 0 atom stereocenters. The lowest BCUT2D eigenvalue weighted by molar-refractivity contribution is -0.113. The number of nitrogens with zero attached hydrogens (tertiary/aromatic N) is 3. The summed E-state index contributed by atoms with van der Waals surface area (Å²) in [6.45, 7) is 2.81. The molecule has 0 unspecified atom stereocenters. The number of amides is 1. The first-order valence-electron chi connectivity index (χ1n) is 12.1. The molecule has 1 aliphatic rings. The van der Waals surface area contributed by atoms with Crippen molar-refractivity contribution in [3.05, 3.63) is 88.5 Å². The van der Waals surface area contributed by atoms with Crippen molar-refractivity contribution in [2.75, 3.05) is 37.4 Å². The minimum atomic E-state index is -3.87. The number of carbonyl (C=O) groups excluding carboxylic acids is 1. The van der Waals surface area contributed by atoms with Crippen LogP contribution in [0.5, 0.6) is 0 Å². The maximum atomic E-state index is 14.7. The van der Waals surface area contributed by atoms with E-state index < -0.39 is 27.3 Å². The highest BCUT2D eigenvalue weighted by Crippen LogP contribution is 2.28. The SMILES string of the molecule is Cc1ccc(NC(=O)CSc2nc3ccccc3c(=O)n2-c2ccccc2F)c(S(=O)(=O)N2CCOCC2)c1. The molecule has 1 amide bonds. The summed E-state index contributed by atoms with van der Waals surface area (Å²) in [4.78, 5) is 30.9. The van der Waals surface area contributed by atoms with E-state index in [-0.39, 0.29) is 40.3 Å². The molecule has 1 aromatic heterocycles. The molecule has 0 aliphatic carbocycles. The number of hydrogen-bond acceptors (Lipinski definition) is 7. The first-order valence-corrected chi connectivity index (χ1v) is 14.6. The van der Waals surface area contributed by atoms with Crippen LogP contribution in [0.4, 0.5) is 10.1 Å². The largest absolute Gasteiger partial charge is 0.379 e. The zero-order valence-electron chi connectivity index (χ0n) is 21.0. The third-order valence-electron chi connectivity index (χ3n) is 6.17. The van der Waals surface area contributed by atoms with E-state index >= 15 is 0 Å². The number of rotatable bonds is 7. The molecule has 39 heavy (non-hydrogen) atoms. The van der Waals surface area contributed by atoms with Crippen molar-refractivity contribution < 1.29 is 22.3 Å². The molecule has 9 nitrogen and oxygen atoms in total. The molecule has 1 aliphatic heterocycles. The molecular formula is C27H25FN4O5S2. The van der Waals surface area contributed by atoms with Crippen molar-refractivity contribution in [3.8, 4) is 5.69 Å². The minimum Gasteiger partial charge on any atom is -0.379 e. The van der Waals surface area contributed by atoms with Crippen LogP contribution in [0.1, 0.15) is 5.56 Å². The van der Waals surface area contributed by atoms with E-state index in [1.165, 1.54) is 28.6 Å². The van der Waals surface area contributed by atoms with Crippen molar-refractivity contribution in [2.24, 2.45) is 0 Å². The molecule has 12 heteroatoms. The summed E-state index contributed by atoms with van der Waals surface area (Å²) < 4.78 is 49.2. The number of para-hydroxylation sites is 2. The Hall–Kier alpha value is -3.58. The number of sulfonamides is 1. The van der Waals surface area contributed by atoms with Crippen LogP contribution in [0.15, 0.2) is 81.6 Å². The molecule has 0 bridgehead atoms. The fraction of sp³-hybridized carbons (Fsp3) is 0.222. The Labute approximate surface area is 228 Å². The fourth-order valence-corrected chi connectivity index (χ4v) is 6.69. The van der Waals surface area contributed by atoms with Gasteiger partial charge in [-0.3, -0.25) is 14.2 Å². The maximum absolute atomic E-state index is 14.7. The number of ether oxygens (including phenoxy) is 1. The van der Waals surface area contributed by atoms with Crippen LogP contribution >= 0.6 is 11.8 Å². The van der Waals surface area contributed by atoms with Gasteiger partial charge in [-0.2, -0.15) is 4.31 Å². The van der Waals surface area contributed by atoms with Crippen LogP contribution in [0, 0.1) is 12.7 Å². The van der Waals surface area contributed by atoms with E-state index in [1.807, 2.05) is 0 Å². The number of thioether (sulfide) groups is 1. The van der Waals surface area contributed by atoms with Crippen LogP contribution in [-0.4, -0.2) is 60.2 Å². The Morgan fingerprint density at radius 1 is 1.08 bits per heavy atom. The summed E-state index contributed by atoms with van der Waals surface area (Å²) in [6.07, 6.45) is 0. The number of fused-ring (bicyclic) bond motifs is 1. The van der Waals surface area contributed by atoms with E-state index in [9.17, 15) is 22.4 Å². The number of aromatic nitrogens is 2. The quantitative estimate of drug-likeness (QED) is 0.268. The van der Waals surface area contributed by atoms with Crippen molar-refractivity contribution in [1.29, 1.82) is 0 Å². The van der Waals surface area contributed by atoms with Gasteiger partial charge in [0.1, 0.15) is 10.7 Å². The van der Waals surface area contributed by atoms with E-state index in [0.29, 0.717) is 24.1 Å². The van der Waals surface area contributed by atoms with Gasteiger partial charge in [-0.25, -0.2) is 17.8 Å². The van der Waals surface area contributed by atoms with Gasteiger partial charge in [-0.15, -0.1) is 0 Å². The number of carbonyl (C=O) groups is 1. The van der Waals surface area contributed by atoms with E-state index in [2.05, 4.69) is 10.3 Å². The summed E-state index contributed by atoms with van der Waals surface area (Å²) in [5.74, 6) is -1.32. The highest BCUT2D eigenvalue weighted by Gasteiger charge is 2.29.